The van der Waals surface area contributed by atoms with Gasteiger partial charge in [0, 0.05) is 6.42 Å². The fourth-order valence-electron chi connectivity index (χ4n) is 1.93. The van der Waals surface area contributed by atoms with Crippen molar-refractivity contribution in [1.82, 2.24) is 15.2 Å². The molecule has 1 fully saturated rings. The van der Waals surface area contributed by atoms with Crippen LogP contribution in [0.3, 0.4) is 0 Å². The van der Waals surface area contributed by atoms with E-state index in [2.05, 4.69) is 20.5 Å². The minimum atomic E-state index is 0.0358. The second-order valence-corrected chi connectivity index (χ2v) is 3.74. The van der Waals surface area contributed by atoms with Gasteiger partial charge in [-0.05, 0) is 18.8 Å². The molecule has 1 aromatic heterocycles. The summed E-state index contributed by atoms with van der Waals surface area (Å²) >= 11 is 0. The molecule has 14 heavy (non-hydrogen) atoms. The highest BCUT2D eigenvalue weighted by Gasteiger charge is 2.18. The molecule has 0 aliphatic heterocycles. The minimum absolute atomic E-state index is 0.0358. The zero-order chi connectivity index (χ0) is 9.80. The van der Waals surface area contributed by atoms with Crippen molar-refractivity contribution in [1.29, 1.82) is 0 Å². The minimum Gasteiger partial charge on any atom is -0.295 e. The summed E-state index contributed by atoms with van der Waals surface area (Å²) in [7, 11) is 0. The Balaban J connectivity index is 1.78. The maximum absolute atomic E-state index is 11.5. The van der Waals surface area contributed by atoms with Crippen molar-refractivity contribution in [2.75, 3.05) is 5.32 Å². The average molecular weight is 194 g/mol. The number of anilines is 1. The van der Waals surface area contributed by atoms with E-state index in [4.69, 9.17) is 0 Å². The molecule has 0 atom stereocenters. The lowest BCUT2D eigenvalue weighted by Gasteiger charge is -2.06. The number of aromatic amines is 1. The Kier molecular flexibility index (Phi) is 2.76. The molecule has 0 aromatic carbocycles. The smallest absolute Gasteiger partial charge is 0.226 e. The van der Waals surface area contributed by atoms with E-state index >= 15 is 0 Å². The first-order valence-corrected chi connectivity index (χ1v) is 5.00. The van der Waals surface area contributed by atoms with Crippen LogP contribution in [-0.4, -0.2) is 21.1 Å². The van der Waals surface area contributed by atoms with Gasteiger partial charge < -0.3 is 0 Å². The monoisotopic (exact) mass is 194 g/mol. The van der Waals surface area contributed by atoms with E-state index in [0.29, 0.717) is 18.3 Å². The van der Waals surface area contributed by atoms with Gasteiger partial charge in [0.2, 0.25) is 11.9 Å². The highest BCUT2D eigenvalue weighted by molar-refractivity contribution is 5.88. The van der Waals surface area contributed by atoms with Crippen LogP contribution >= 0.6 is 0 Å². The molecular weight excluding hydrogens is 180 g/mol. The van der Waals surface area contributed by atoms with Gasteiger partial charge in [0.15, 0.2) is 0 Å². The van der Waals surface area contributed by atoms with Crippen LogP contribution in [0.25, 0.3) is 0 Å². The van der Waals surface area contributed by atoms with Gasteiger partial charge >= 0.3 is 0 Å². The summed E-state index contributed by atoms with van der Waals surface area (Å²) in [5.74, 6) is 1.04. The van der Waals surface area contributed by atoms with Gasteiger partial charge in [-0.3, -0.25) is 10.1 Å². The largest absolute Gasteiger partial charge is 0.295 e. The summed E-state index contributed by atoms with van der Waals surface area (Å²) in [5, 5.41) is 8.94. The number of H-pyrrole nitrogens is 1. The molecule has 1 amide bonds. The van der Waals surface area contributed by atoms with Crippen LogP contribution < -0.4 is 5.32 Å². The van der Waals surface area contributed by atoms with Crippen molar-refractivity contribution < 1.29 is 4.79 Å². The van der Waals surface area contributed by atoms with Gasteiger partial charge in [0.1, 0.15) is 6.33 Å². The molecule has 76 valence electrons. The molecule has 1 heterocycles. The molecule has 1 aliphatic rings. The van der Waals surface area contributed by atoms with Crippen molar-refractivity contribution in [2.24, 2.45) is 5.92 Å². The van der Waals surface area contributed by atoms with Gasteiger partial charge in [0.25, 0.3) is 0 Å². The fraction of sp³-hybridized carbons (Fsp3) is 0.667. The number of hydrogen-bond donors (Lipinski definition) is 2. The van der Waals surface area contributed by atoms with Crippen molar-refractivity contribution in [3.63, 3.8) is 0 Å². The molecule has 1 aliphatic carbocycles. The van der Waals surface area contributed by atoms with Crippen molar-refractivity contribution in [3.8, 4) is 0 Å². The summed E-state index contributed by atoms with van der Waals surface area (Å²) < 4.78 is 0. The molecule has 1 aromatic rings. The van der Waals surface area contributed by atoms with Crippen molar-refractivity contribution in [3.05, 3.63) is 6.33 Å². The number of carbonyl (C=O) groups excluding carboxylic acids is 1. The number of rotatable bonds is 3. The third kappa shape index (κ3) is 2.31. The normalized spacial score (nSPS) is 17.1. The molecule has 5 heteroatoms. The quantitative estimate of drug-likeness (QED) is 0.762. The number of nitrogens with zero attached hydrogens (tertiary/aromatic N) is 2. The summed E-state index contributed by atoms with van der Waals surface area (Å²) in [5.41, 5.74) is 0. The lowest BCUT2D eigenvalue weighted by atomic mass is 10.0. The fourth-order valence-corrected chi connectivity index (χ4v) is 1.93. The van der Waals surface area contributed by atoms with Crippen LogP contribution in [0.15, 0.2) is 6.33 Å². The Hall–Kier alpha value is -1.39. The maximum atomic E-state index is 11.5. The van der Waals surface area contributed by atoms with Crippen LogP contribution in [0.5, 0.6) is 0 Å². The third-order valence-corrected chi connectivity index (χ3v) is 2.62. The zero-order valence-electron chi connectivity index (χ0n) is 7.99. The van der Waals surface area contributed by atoms with Gasteiger partial charge in [-0.15, -0.1) is 0 Å². The Labute approximate surface area is 82.3 Å². The molecule has 1 saturated carbocycles. The number of nitrogens with one attached hydrogen (secondary N) is 2. The number of amides is 1. The first-order chi connectivity index (χ1) is 6.84. The maximum Gasteiger partial charge on any atom is 0.226 e. The van der Waals surface area contributed by atoms with E-state index in [-0.39, 0.29) is 5.91 Å². The molecule has 0 spiro atoms. The van der Waals surface area contributed by atoms with Crippen LogP contribution in [0, 0.1) is 5.92 Å². The van der Waals surface area contributed by atoms with Crippen molar-refractivity contribution >= 4 is 11.9 Å². The first-order valence-electron chi connectivity index (χ1n) is 5.00. The Morgan fingerprint density at radius 2 is 2.36 bits per heavy atom. The van der Waals surface area contributed by atoms with Gasteiger partial charge in [0.05, 0.1) is 0 Å². The highest BCUT2D eigenvalue weighted by Crippen LogP contribution is 2.27. The molecule has 0 radical (unpaired) electrons. The van der Waals surface area contributed by atoms with E-state index in [9.17, 15) is 4.79 Å². The van der Waals surface area contributed by atoms with E-state index in [1.165, 1.54) is 32.0 Å². The zero-order valence-corrected chi connectivity index (χ0v) is 7.99. The summed E-state index contributed by atoms with van der Waals surface area (Å²) in [4.78, 5) is 15.3. The molecule has 0 unspecified atom stereocenters. The Morgan fingerprint density at radius 1 is 1.57 bits per heavy atom. The molecule has 2 rings (SSSR count). The lowest BCUT2D eigenvalue weighted by molar-refractivity contribution is -0.117. The predicted molar refractivity (Wildman–Crippen MR) is 51.6 cm³/mol. The predicted octanol–water partition coefficient (Wildman–Crippen LogP) is 1.32. The van der Waals surface area contributed by atoms with Crippen LogP contribution in [0.2, 0.25) is 0 Å². The summed E-state index contributed by atoms with van der Waals surface area (Å²) in [6.45, 7) is 0. The SMILES string of the molecule is O=C(CC1CCCC1)Nc1ncn[nH]1. The van der Waals surface area contributed by atoms with E-state index < -0.39 is 0 Å². The lowest BCUT2D eigenvalue weighted by Crippen LogP contribution is -2.15. The topological polar surface area (TPSA) is 70.7 Å². The molecular formula is C9H14N4O. The van der Waals surface area contributed by atoms with Gasteiger partial charge in [-0.2, -0.15) is 10.1 Å². The molecule has 2 N–H and O–H groups in total. The summed E-state index contributed by atoms with van der Waals surface area (Å²) in [6, 6.07) is 0. The number of carbonyl (C=O) groups is 1. The standard InChI is InChI=1S/C9H14N4O/c14-8(5-7-3-1-2-4-7)12-9-10-6-11-13-9/h6-7H,1-5H2,(H2,10,11,12,13,14). The average Bonchev–Trinajstić information content (AvgIpc) is 2.76. The summed E-state index contributed by atoms with van der Waals surface area (Å²) in [6.07, 6.45) is 6.89. The molecule has 0 bridgehead atoms. The van der Waals surface area contributed by atoms with E-state index in [1.807, 2.05) is 0 Å². The van der Waals surface area contributed by atoms with Gasteiger partial charge in [-0.1, -0.05) is 12.8 Å². The van der Waals surface area contributed by atoms with Crippen LogP contribution in [-0.2, 0) is 4.79 Å². The molecule has 5 nitrogen and oxygen atoms in total. The van der Waals surface area contributed by atoms with E-state index in [1.54, 1.807) is 0 Å². The third-order valence-electron chi connectivity index (χ3n) is 2.62. The van der Waals surface area contributed by atoms with Crippen LogP contribution in [0.4, 0.5) is 5.95 Å². The first kappa shape index (κ1) is 9.18. The highest BCUT2D eigenvalue weighted by atomic mass is 16.1. The van der Waals surface area contributed by atoms with Gasteiger partial charge in [-0.25, -0.2) is 5.10 Å². The number of aromatic nitrogens is 3. The second-order valence-electron chi connectivity index (χ2n) is 3.74. The Bertz CT molecular complexity index is 290. The van der Waals surface area contributed by atoms with E-state index in [0.717, 1.165) is 0 Å². The van der Waals surface area contributed by atoms with Crippen molar-refractivity contribution in [2.45, 2.75) is 32.1 Å². The van der Waals surface area contributed by atoms with Crippen LogP contribution in [0.1, 0.15) is 32.1 Å². The molecule has 0 saturated heterocycles. The second kappa shape index (κ2) is 4.21. The Morgan fingerprint density at radius 3 is 3.00 bits per heavy atom. The number of hydrogen-bond acceptors (Lipinski definition) is 3.